The molecule has 0 spiro atoms. The Labute approximate surface area is 113 Å². The lowest BCUT2D eigenvalue weighted by Crippen LogP contribution is -2.46. The third kappa shape index (κ3) is 3.58. The maximum Gasteiger partial charge on any atom is 0.321 e. The normalized spacial score (nSPS) is 15.3. The van der Waals surface area contributed by atoms with Gasteiger partial charge in [-0.2, -0.15) is 0 Å². The van der Waals surface area contributed by atoms with Crippen molar-refractivity contribution in [3.63, 3.8) is 0 Å². The Bertz CT molecular complexity index is 467. The molecule has 0 heterocycles. The molecule has 0 bridgehead atoms. The van der Waals surface area contributed by atoms with E-state index in [-0.39, 0.29) is 12.6 Å². The van der Waals surface area contributed by atoms with Gasteiger partial charge in [-0.05, 0) is 37.0 Å². The van der Waals surface area contributed by atoms with Crippen LogP contribution in [-0.2, 0) is 0 Å². The van der Waals surface area contributed by atoms with Gasteiger partial charge < -0.3 is 10.4 Å². The van der Waals surface area contributed by atoms with E-state index in [0.717, 1.165) is 24.1 Å². The van der Waals surface area contributed by atoms with Crippen molar-refractivity contribution in [2.24, 2.45) is 0 Å². The van der Waals surface area contributed by atoms with Gasteiger partial charge in [0.05, 0.1) is 6.61 Å². The minimum atomic E-state index is -0.0620. The molecule has 1 aromatic rings. The Balaban J connectivity index is 2.02. The zero-order valence-corrected chi connectivity index (χ0v) is 11.2. The fourth-order valence-corrected chi connectivity index (χ4v) is 1.97. The lowest BCUT2D eigenvalue weighted by Gasteiger charge is -2.29. The highest BCUT2D eigenvalue weighted by molar-refractivity contribution is 5.91. The Hall–Kier alpha value is -1.81. The van der Waals surface area contributed by atoms with Crippen LogP contribution in [0.3, 0.4) is 0 Å². The summed E-state index contributed by atoms with van der Waals surface area (Å²) in [5.41, 5.74) is 1.81. The summed E-state index contributed by atoms with van der Waals surface area (Å²) in [5.74, 6) is 0. The zero-order valence-electron chi connectivity index (χ0n) is 11.2. The average molecular weight is 260 g/mol. The summed E-state index contributed by atoms with van der Waals surface area (Å²) < 4.78 is 0. The summed E-state index contributed by atoms with van der Waals surface area (Å²) in [7, 11) is 1.77. The van der Waals surface area contributed by atoms with Crippen LogP contribution >= 0.6 is 0 Å². The molecule has 1 saturated carbocycles. The standard InChI is InChI=1S/C15H20N2O2/c1-17(15(19)16-13-7-3-8-13)14-9-2-5-12(11-14)6-4-10-18/h2,4-6,9,11,13,18H,3,7-8,10H2,1H3,(H,16,19). The largest absolute Gasteiger partial charge is 0.392 e. The number of anilines is 1. The molecule has 19 heavy (non-hydrogen) atoms. The van der Waals surface area contributed by atoms with E-state index in [4.69, 9.17) is 5.11 Å². The summed E-state index contributed by atoms with van der Waals surface area (Å²) in [6.45, 7) is 0.0161. The van der Waals surface area contributed by atoms with Crippen LogP contribution in [0.1, 0.15) is 24.8 Å². The number of hydrogen-bond donors (Lipinski definition) is 2. The Morgan fingerprint density at radius 2 is 2.32 bits per heavy atom. The molecule has 1 aliphatic rings. The van der Waals surface area contributed by atoms with E-state index in [0.29, 0.717) is 6.04 Å². The predicted molar refractivity (Wildman–Crippen MR) is 77.1 cm³/mol. The van der Waals surface area contributed by atoms with Crippen molar-refractivity contribution in [2.45, 2.75) is 25.3 Å². The van der Waals surface area contributed by atoms with E-state index < -0.39 is 0 Å². The lowest BCUT2D eigenvalue weighted by molar-refractivity contribution is 0.235. The molecule has 4 heteroatoms. The number of nitrogens with zero attached hydrogens (tertiary/aromatic N) is 1. The summed E-state index contributed by atoms with van der Waals surface area (Å²) in [6.07, 6.45) is 6.88. The quantitative estimate of drug-likeness (QED) is 0.873. The molecule has 0 radical (unpaired) electrons. The molecular formula is C15H20N2O2. The van der Waals surface area contributed by atoms with Gasteiger partial charge in [-0.25, -0.2) is 4.79 Å². The lowest BCUT2D eigenvalue weighted by atomic mass is 9.93. The van der Waals surface area contributed by atoms with Crippen molar-refractivity contribution in [1.29, 1.82) is 0 Å². The number of carbonyl (C=O) groups excluding carboxylic acids is 1. The summed E-state index contributed by atoms with van der Waals surface area (Å²) in [4.78, 5) is 13.6. The SMILES string of the molecule is CN(C(=O)NC1CCC1)c1cccc(C=CCO)c1. The van der Waals surface area contributed by atoms with E-state index in [1.165, 1.54) is 6.42 Å². The molecule has 0 aromatic heterocycles. The summed E-state index contributed by atoms with van der Waals surface area (Å²) in [6, 6.07) is 7.94. The molecule has 0 aliphatic heterocycles. The summed E-state index contributed by atoms with van der Waals surface area (Å²) >= 11 is 0. The van der Waals surface area contributed by atoms with Gasteiger partial charge in [0.2, 0.25) is 0 Å². The van der Waals surface area contributed by atoms with Crippen molar-refractivity contribution < 1.29 is 9.90 Å². The first-order valence-electron chi connectivity index (χ1n) is 6.62. The number of aliphatic hydroxyl groups excluding tert-OH is 1. The van der Waals surface area contributed by atoms with Crippen LogP contribution in [0.2, 0.25) is 0 Å². The van der Waals surface area contributed by atoms with Gasteiger partial charge >= 0.3 is 6.03 Å². The van der Waals surface area contributed by atoms with Crippen LogP contribution in [-0.4, -0.2) is 30.8 Å². The Morgan fingerprint density at radius 3 is 2.95 bits per heavy atom. The van der Waals surface area contributed by atoms with Crippen molar-refractivity contribution in [3.05, 3.63) is 35.9 Å². The smallest absolute Gasteiger partial charge is 0.321 e. The molecule has 0 atom stereocenters. The molecule has 0 saturated heterocycles. The average Bonchev–Trinajstić information content (AvgIpc) is 2.39. The Morgan fingerprint density at radius 1 is 1.53 bits per heavy atom. The van der Waals surface area contributed by atoms with Crippen LogP contribution < -0.4 is 10.2 Å². The molecule has 1 fully saturated rings. The number of carbonyl (C=O) groups is 1. The number of aliphatic hydroxyl groups is 1. The molecule has 1 aromatic carbocycles. The van der Waals surface area contributed by atoms with Crippen molar-refractivity contribution in [1.82, 2.24) is 5.32 Å². The number of rotatable bonds is 4. The van der Waals surface area contributed by atoms with E-state index in [9.17, 15) is 4.79 Å². The van der Waals surface area contributed by atoms with Crippen LogP contribution in [0.4, 0.5) is 10.5 Å². The van der Waals surface area contributed by atoms with E-state index in [1.54, 1.807) is 18.0 Å². The topological polar surface area (TPSA) is 52.6 Å². The number of amides is 2. The van der Waals surface area contributed by atoms with Crippen molar-refractivity contribution in [3.8, 4) is 0 Å². The number of benzene rings is 1. The molecule has 102 valence electrons. The maximum atomic E-state index is 12.0. The number of hydrogen-bond acceptors (Lipinski definition) is 2. The van der Waals surface area contributed by atoms with Crippen LogP contribution in [0.5, 0.6) is 0 Å². The van der Waals surface area contributed by atoms with Crippen LogP contribution in [0, 0.1) is 0 Å². The van der Waals surface area contributed by atoms with Gasteiger partial charge in [-0.3, -0.25) is 4.90 Å². The van der Waals surface area contributed by atoms with Gasteiger partial charge in [0.25, 0.3) is 0 Å². The first-order chi connectivity index (χ1) is 9.20. The highest BCUT2D eigenvalue weighted by Crippen LogP contribution is 2.20. The molecule has 0 unspecified atom stereocenters. The zero-order chi connectivity index (χ0) is 13.7. The fourth-order valence-electron chi connectivity index (χ4n) is 1.97. The van der Waals surface area contributed by atoms with E-state index in [2.05, 4.69) is 5.32 Å². The minimum Gasteiger partial charge on any atom is -0.392 e. The van der Waals surface area contributed by atoms with E-state index >= 15 is 0 Å². The van der Waals surface area contributed by atoms with Gasteiger partial charge in [-0.15, -0.1) is 0 Å². The van der Waals surface area contributed by atoms with Crippen molar-refractivity contribution in [2.75, 3.05) is 18.6 Å². The number of urea groups is 1. The molecule has 2 amide bonds. The third-order valence-corrected chi connectivity index (χ3v) is 3.41. The van der Waals surface area contributed by atoms with Gasteiger partial charge in [0.1, 0.15) is 0 Å². The third-order valence-electron chi connectivity index (χ3n) is 3.41. The Kier molecular flexibility index (Phi) is 4.58. The highest BCUT2D eigenvalue weighted by atomic mass is 16.2. The first-order valence-corrected chi connectivity index (χ1v) is 6.62. The minimum absolute atomic E-state index is 0.0161. The van der Waals surface area contributed by atoms with Crippen LogP contribution in [0.25, 0.3) is 6.08 Å². The van der Waals surface area contributed by atoms with Crippen molar-refractivity contribution >= 4 is 17.8 Å². The number of nitrogens with one attached hydrogen (secondary N) is 1. The summed E-state index contributed by atoms with van der Waals surface area (Å²) in [5, 5.41) is 11.8. The van der Waals surface area contributed by atoms with Gasteiger partial charge in [0.15, 0.2) is 0 Å². The second-order valence-electron chi connectivity index (χ2n) is 4.82. The monoisotopic (exact) mass is 260 g/mol. The first kappa shape index (κ1) is 13.6. The van der Waals surface area contributed by atoms with Crippen LogP contribution in [0.15, 0.2) is 30.3 Å². The predicted octanol–water partition coefficient (Wildman–Crippen LogP) is 2.39. The molecule has 2 rings (SSSR count). The molecular weight excluding hydrogens is 240 g/mol. The second kappa shape index (κ2) is 6.38. The molecule has 1 aliphatic carbocycles. The van der Waals surface area contributed by atoms with Gasteiger partial charge in [-0.1, -0.05) is 24.3 Å². The maximum absolute atomic E-state index is 12.0. The molecule has 4 nitrogen and oxygen atoms in total. The van der Waals surface area contributed by atoms with E-state index in [1.807, 2.05) is 30.3 Å². The fraction of sp³-hybridized carbons (Fsp3) is 0.400. The van der Waals surface area contributed by atoms with Gasteiger partial charge in [0, 0.05) is 18.8 Å². The highest BCUT2D eigenvalue weighted by Gasteiger charge is 2.21. The molecule has 2 N–H and O–H groups in total. The second-order valence-corrected chi connectivity index (χ2v) is 4.82.